The number of carbonyl (C=O) groups excluding carboxylic acids is 1. The van der Waals surface area contributed by atoms with Crippen LogP contribution in [0.2, 0.25) is 0 Å². The van der Waals surface area contributed by atoms with Crippen LogP contribution in [-0.2, 0) is 9.53 Å². The minimum atomic E-state index is -0.229. The molecule has 0 aliphatic carbocycles. The van der Waals surface area contributed by atoms with E-state index in [0.29, 0.717) is 0 Å². The van der Waals surface area contributed by atoms with Crippen molar-refractivity contribution in [3.63, 3.8) is 0 Å². The van der Waals surface area contributed by atoms with E-state index in [9.17, 15) is 4.79 Å². The number of benzene rings is 1. The van der Waals surface area contributed by atoms with Crippen LogP contribution >= 0.6 is 15.9 Å². The Hall–Kier alpha value is -1.09. The molecule has 0 saturated heterocycles. The zero-order chi connectivity index (χ0) is 9.26. The van der Waals surface area contributed by atoms with Crippen LogP contribution < -0.4 is 0 Å². The van der Waals surface area contributed by atoms with E-state index < -0.39 is 0 Å². The van der Waals surface area contributed by atoms with Gasteiger partial charge in [0.2, 0.25) is 0 Å². The molecule has 1 aliphatic rings. The normalized spacial score (nSPS) is 20.4. The lowest BCUT2D eigenvalue weighted by atomic mass is 10.0. The summed E-state index contributed by atoms with van der Waals surface area (Å²) in [5.41, 5.74) is 0.960. The fraction of sp³-hybridized carbons (Fsp3) is 0.100. The van der Waals surface area contributed by atoms with E-state index in [2.05, 4.69) is 15.9 Å². The zero-order valence-electron chi connectivity index (χ0n) is 6.74. The van der Waals surface area contributed by atoms with Crippen molar-refractivity contribution < 1.29 is 9.53 Å². The van der Waals surface area contributed by atoms with Gasteiger partial charge in [0.05, 0.1) is 6.26 Å². The highest BCUT2D eigenvalue weighted by Gasteiger charge is 2.22. The highest BCUT2D eigenvalue weighted by atomic mass is 79.9. The fourth-order valence-corrected chi connectivity index (χ4v) is 1.52. The van der Waals surface area contributed by atoms with Gasteiger partial charge in [-0.25, -0.2) is 0 Å². The Kier molecular flexibility index (Phi) is 2.19. The molecule has 3 heteroatoms. The van der Waals surface area contributed by atoms with Gasteiger partial charge in [-0.1, -0.05) is 28.1 Å². The largest absolute Gasteiger partial charge is 0.434 e. The first kappa shape index (κ1) is 8.51. The van der Waals surface area contributed by atoms with Crippen molar-refractivity contribution in [3.05, 3.63) is 46.6 Å². The van der Waals surface area contributed by atoms with Gasteiger partial charge in [0.15, 0.2) is 0 Å². The van der Waals surface area contributed by atoms with Crippen LogP contribution in [0.15, 0.2) is 41.1 Å². The topological polar surface area (TPSA) is 26.3 Å². The Morgan fingerprint density at radius 2 is 1.92 bits per heavy atom. The fourth-order valence-electron chi connectivity index (χ4n) is 1.25. The maximum Gasteiger partial charge on any atom is 0.322 e. The third kappa shape index (κ3) is 1.65. The Balaban J connectivity index is 2.30. The number of cyclic esters (lactones) is 1. The first-order valence-electron chi connectivity index (χ1n) is 3.90. The molecule has 0 spiro atoms. The maximum absolute atomic E-state index is 11.2. The van der Waals surface area contributed by atoms with Crippen LogP contribution in [0, 0.1) is 0 Å². The predicted octanol–water partition coefficient (Wildman–Crippen LogP) is 2.60. The zero-order valence-corrected chi connectivity index (χ0v) is 8.32. The van der Waals surface area contributed by atoms with Crippen LogP contribution in [0.1, 0.15) is 11.5 Å². The molecule has 0 aromatic heterocycles. The maximum atomic E-state index is 11.2. The molecule has 0 saturated carbocycles. The molecule has 2 rings (SSSR count). The lowest BCUT2D eigenvalue weighted by Crippen LogP contribution is -2.05. The van der Waals surface area contributed by atoms with Gasteiger partial charge in [0, 0.05) is 4.47 Å². The average Bonchev–Trinajstić information content (AvgIpc) is 2.53. The van der Waals surface area contributed by atoms with Crippen molar-refractivity contribution in [2.75, 3.05) is 0 Å². The summed E-state index contributed by atoms with van der Waals surface area (Å²) >= 11 is 3.33. The summed E-state index contributed by atoms with van der Waals surface area (Å²) in [6.07, 6.45) is 3.20. The highest BCUT2D eigenvalue weighted by Crippen LogP contribution is 2.24. The van der Waals surface area contributed by atoms with Gasteiger partial charge in [-0.2, -0.15) is 0 Å². The lowest BCUT2D eigenvalue weighted by molar-refractivity contribution is -0.136. The number of rotatable bonds is 1. The number of halogens is 1. The summed E-state index contributed by atoms with van der Waals surface area (Å²) < 4.78 is 5.73. The number of esters is 1. The molecule has 13 heavy (non-hydrogen) atoms. The van der Waals surface area contributed by atoms with E-state index in [-0.39, 0.29) is 11.9 Å². The molecule has 1 aromatic rings. The third-order valence-electron chi connectivity index (χ3n) is 1.94. The molecule has 0 amide bonds. The first-order valence-corrected chi connectivity index (χ1v) is 4.69. The minimum Gasteiger partial charge on any atom is -0.434 e. The number of hydrogen-bond acceptors (Lipinski definition) is 2. The molecule has 1 aliphatic heterocycles. The summed E-state index contributed by atoms with van der Waals surface area (Å²) in [5.74, 6) is -0.435. The quantitative estimate of drug-likeness (QED) is 0.704. The van der Waals surface area contributed by atoms with E-state index >= 15 is 0 Å². The monoisotopic (exact) mass is 238 g/mol. The van der Waals surface area contributed by atoms with Gasteiger partial charge in [-0.3, -0.25) is 4.79 Å². The van der Waals surface area contributed by atoms with Crippen LogP contribution in [-0.4, -0.2) is 5.97 Å². The van der Waals surface area contributed by atoms with Gasteiger partial charge in [-0.05, 0) is 23.8 Å². The van der Waals surface area contributed by atoms with Crippen molar-refractivity contribution >= 4 is 21.9 Å². The van der Waals surface area contributed by atoms with Crippen LogP contribution in [0.3, 0.4) is 0 Å². The van der Waals surface area contributed by atoms with Crippen LogP contribution in [0.5, 0.6) is 0 Å². The van der Waals surface area contributed by atoms with E-state index in [1.807, 2.05) is 24.3 Å². The van der Waals surface area contributed by atoms with Crippen molar-refractivity contribution in [3.8, 4) is 0 Å². The standard InChI is InChI=1S/C10H7BrO2/c11-8-3-1-7(2-4-8)9-5-6-13-10(9)12/h1-6,9H. The molecule has 1 aromatic carbocycles. The number of hydrogen-bond donors (Lipinski definition) is 0. The number of carbonyl (C=O) groups is 1. The molecule has 0 N–H and O–H groups in total. The molecule has 1 unspecified atom stereocenters. The van der Waals surface area contributed by atoms with E-state index in [1.54, 1.807) is 6.08 Å². The summed E-state index contributed by atoms with van der Waals surface area (Å²) in [4.78, 5) is 11.2. The smallest absolute Gasteiger partial charge is 0.322 e. The number of ether oxygens (including phenoxy) is 1. The lowest BCUT2D eigenvalue weighted by Gasteiger charge is -2.04. The van der Waals surface area contributed by atoms with Gasteiger partial charge < -0.3 is 4.74 Å². The Labute approximate surface area is 84.3 Å². The summed E-state index contributed by atoms with van der Waals surface area (Å²) in [5, 5.41) is 0. The second-order valence-electron chi connectivity index (χ2n) is 2.79. The third-order valence-corrected chi connectivity index (χ3v) is 2.47. The second-order valence-corrected chi connectivity index (χ2v) is 3.71. The molecular weight excluding hydrogens is 232 g/mol. The molecule has 0 radical (unpaired) electrons. The molecule has 1 atom stereocenters. The Bertz CT molecular complexity index is 354. The minimum absolute atomic E-state index is 0.206. The average molecular weight is 239 g/mol. The van der Waals surface area contributed by atoms with Gasteiger partial charge >= 0.3 is 5.97 Å². The SMILES string of the molecule is O=C1OC=CC1c1ccc(Br)cc1. The van der Waals surface area contributed by atoms with Gasteiger partial charge in [-0.15, -0.1) is 0 Å². The summed E-state index contributed by atoms with van der Waals surface area (Å²) in [7, 11) is 0. The predicted molar refractivity (Wildman–Crippen MR) is 52.1 cm³/mol. The molecule has 66 valence electrons. The highest BCUT2D eigenvalue weighted by molar-refractivity contribution is 9.10. The van der Waals surface area contributed by atoms with Crippen molar-refractivity contribution in [2.45, 2.75) is 5.92 Å². The Morgan fingerprint density at radius 1 is 1.23 bits per heavy atom. The second kappa shape index (κ2) is 3.34. The van der Waals surface area contributed by atoms with E-state index in [0.717, 1.165) is 10.0 Å². The molecule has 0 bridgehead atoms. The Morgan fingerprint density at radius 3 is 2.46 bits per heavy atom. The van der Waals surface area contributed by atoms with Crippen LogP contribution in [0.4, 0.5) is 0 Å². The molecule has 1 heterocycles. The van der Waals surface area contributed by atoms with Crippen molar-refractivity contribution in [1.29, 1.82) is 0 Å². The molecular formula is C10H7BrO2. The molecule has 0 fully saturated rings. The van der Waals surface area contributed by atoms with E-state index in [4.69, 9.17) is 4.74 Å². The summed E-state index contributed by atoms with van der Waals surface area (Å²) in [6.45, 7) is 0. The van der Waals surface area contributed by atoms with Crippen LogP contribution in [0.25, 0.3) is 0 Å². The van der Waals surface area contributed by atoms with Gasteiger partial charge in [0.25, 0.3) is 0 Å². The van der Waals surface area contributed by atoms with Crippen molar-refractivity contribution in [1.82, 2.24) is 0 Å². The molecule has 2 nitrogen and oxygen atoms in total. The van der Waals surface area contributed by atoms with E-state index in [1.165, 1.54) is 6.26 Å². The van der Waals surface area contributed by atoms with Crippen molar-refractivity contribution in [2.24, 2.45) is 0 Å². The van der Waals surface area contributed by atoms with Gasteiger partial charge in [0.1, 0.15) is 5.92 Å². The first-order chi connectivity index (χ1) is 6.27. The summed E-state index contributed by atoms with van der Waals surface area (Å²) in [6, 6.07) is 7.64.